The maximum Gasteiger partial charge on any atom is 0.417 e. The lowest BCUT2D eigenvalue weighted by molar-refractivity contribution is -0.137. The zero-order chi connectivity index (χ0) is 24.5. The maximum atomic E-state index is 12.9. The van der Waals surface area contributed by atoms with Crippen LogP contribution in [0.25, 0.3) is 0 Å². The van der Waals surface area contributed by atoms with Crippen LogP contribution in [0.15, 0.2) is 36.5 Å². The molecule has 3 heterocycles. The average Bonchev–Trinajstić information content (AvgIpc) is 3.07. The van der Waals surface area contributed by atoms with Crippen molar-refractivity contribution in [1.82, 2.24) is 10.3 Å². The second kappa shape index (κ2) is 9.79. The first-order chi connectivity index (χ1) is 16.2. The van der Waals surface area contributed by atoms with E-state index in [0.29, 0.717) is 49.8 Å². The van der Waals surface area contributed by atoms with E-state index in [1.807, 2.05) is 11.8 Å². The molecule has 2 saturated heterocycles. The number of carbonyl (C=O) groups excluding carboxylic acids is 2. The van der Waals surface area contributed by atoms with Gasteiger partial charge in [0, 0.05) is 25.3 Å². The summed E-state index contributed by atoms with van der Waals surface area (Å²) in [7, 11) is 0. The summed E-state index contributed by atoms with van der Waals surface area (Å²) in [5.74, 6) is 0.394. The molecule has 2 amide bonds. The number of benzene rings is 1. The number of imide groups is 1. The largest absolute Gasteiger partial charge is 0.494 e. The van der Waals surface area contributed by atoms with Crippen molar-refractivity contribution < 1.29 is 27.5 Å². The lowest BCUT2D eigenvalue weighted by atomic mass is 10.0. The van der Waals surface area contributed by atoms with E-state index in [1.165, 1.54) is 4.90 Å². The molecule has 0 bridgehead atoms. The molecular formula is C23H24ClF3N4O3. The number of aromatic nitrogens is 1. The Labute approximate surface area is 199 Å². The highest BCUT2D eigenvalue weighted by Gasteiger charge is 2.41. The molecule has 2 aliphatic rings. The van der Waals surface area contributed by atoms with Crippen LogP contribution in [0.4, 0.5) is 24.7 Å². The number of anilines is 2. The number of nitrogens with one attached hydrogen (secondary N) is 1. The third kappa shape index (κ3) is 5.12. The minimum atomic E-state index is -4.50. The van der Waals surface area contributed by atoms with Crippen LogP contribution in [0.1, 0.15) is 31.7 Å². The van der Waals surface area contributed by atoms with Gasteiger partial charge >= 0.3 is 6.18 Å². The minimum absolute atomic E-state index is 0.0218. The maximum absolute atomic E-state index is 12.9. The van der Waals surface area contributed by atoms with E-state index >= 15 is 0 Å². The number of ether oxygens (including phenoxy) is 1. The Morgan fingerprint density at radius 3 is 2.44 bits per heavy atom. The minimum Gasteiger partial charge on any atom is -0.494 e. The first-order valence-electron chi connectivity index (χ1n) is 11.0. The van der Waals surface area contributed by atoms with Crippen LogP contribution >= 0.6 is 11.6 Å². The van der Waals surface area contributed by atoms with Crippen molar-refractivity contribution in [3.05, 3.63) is 47.1 Å². The van der Waals surface area contributed by atoms with E-state index < -0.39 is 17.8 Å². The van der Waals surface area contributed by atoms with E-state index in [2.05, 4.69) is 10.3 Å². The Morgan fingerprint density at radius 1 is 1.18 bits per heavy atom. The number of hydrogen-bond donors (Lipinski definition) is 1. The molecule has 1 N–H and O–H groups in total. The fraction of sp³-hybridized carbons (Fsp3) is 0.435. The molecule has 2 fully saturated rings. The van der Waals surface area contributed by atoms with Gasteiger partial charge in [0.2, 0.25) is 5.91 Å². The van der Waals surface area contributed by atoms with Crippen LogP contribution in [0.2, 0.25) is 5.02 Å². The van der Waals surface area contributed by atoms with Gasteiger partial charge in [-0.1, -0.05) is 11.6 Å². The van der Waals surface area contributed by atoms with Crippen molar-refractivity contribution >= 4 is 34.9 Å². The molecule has 0 unspecified atom stereocenters. The molecule has 182 valence electrons. The predicted octanol–water partition coefficient (Wildman–Crippen LogP) is 4.04. The summed E-state index contributed by atoms with van der Waals surface area (Å²) in [4.78, 5) is 32.4. The number of pyridine rings is 1. The predicted molar refractivity (Wildman–Crippen MR) is 121 cm³/mol. The number of hydrogen-bond acceptors (Lipinski definition) is 6. The van der Waals surface area contributed by atoms with Gasteiger partial charge in [-0.3, -0.25) is 9.59 Å². The standard InChI is InChI=1S/C23H24ClF3N4O3/c1-2-34-17-5-3-16(4-6-17)31-20(32)12-19(22(31)33)29-15-7-9-30(10-8-15)21-18(24)11-14(13-28-21)23(25,26)27/h3-6,11,13,15,19,29H,2,7-10,12H2,1H3/t19-/m0/s1. The highest BCUT2D eigenvalue weighted by molar-refractivity contribution is 6.33. The number of nitrogens with zero attached hydrogens (tertiary/aromatic N) is 3. The van der Waals surface area contributed by atoms with Gasteiger partial charge in [-0.05, 0) is 50.1 Å². The second-order valence-electron chi connectivity index (χ2n) is 8.21. The number of amides is 2. The summed E-state index contributed by atoms with van der Waals surface area (Å²) in [5, 5.41) is 3.23. The van der Waals surface area contributed by atoms with Gasteiger partial charge in [-0.15, -0.1) is 0 Å². The van der Waals surface area contributed by atoms with Crippen molar-refractivity contribution in [2.24, 2.45) is 0 Å². The average molecular weight is 497 g/mol. The smallest absolute Gasteiger partial charge is 0.417 e. The first kappa shape index (κ1) is 24.3. The van der Waals surface area contributed by atoms with Crippen molar-refractivity contribution in [2.45, 2.75) is 44.4 Å². The first-order valence-corrected chi connectivity index (χ1v) is 11.4. The van der Waals surface area contributed by atoms with Gasteiger partial charge in [0.1, 0.15) is 11.6 Å². The van der Waals surface area contributed by atoms with Crippen molar-refractivity contribution in [2.75, 3.05) is 29.5 Å². The van der Waals surface area contributed by atoms with Gasteiger partial charge in [0.25, 0.3) is 5.91 Å². The van der Waals surface area contributed by atoms with Crippen LogP contribution in [0, 0.1) is 0 Å². The molecule has 34 heavy (non-hydrogen) atoms. The number of alkyl halides is 3. The SMILES string of the molecule is CCOc1ccc(N2C(=O)C[C@H](NC3CCN(c4ncc(C(F)(F)F)cc4Cl)CC3)C2=O)cc1. The number of halogens is 4. The second-order valence-corrected chi connectivity index (χ2v) is 8.61. The molecule has 11 heteroatoms. The topological polar surface area (TPSA) is 74.8 Å². The zero-order valence-electron chi connectivity index (χ0n) is 18.4. The van der Waals surface area contributed by atoms with Crippen LogP contribution in [-0.2, 0) is 15.8 Å². The van der Waals surface area contributed by atoms with E-state index in [9.17, 15) is 22.8 Å². The Kier molecular flexibility index (Phi) is 6.99. The molecule has 0 aliphatic carbocycles. The molecule has 7 nitrogen and oxygen atoms in total. The molecule has 0 saturated carbocycles. The number of piperidine rings is 1. The summed E-state index contributed by atoms with van der Waals surface area (Å²) < 4.78 is 43.9. The quantitative estimate of drug-likeness (QED) is 0.608. The normalized spacial score (nSPS) is 19.7. The Hall–Kier alpha value is -2.85. The van der Waals surface area contributed by atoms with Crippen molar-refractivity contribution in [1.29, 1.82) is 0 Å². The zero-order valence-corrected chi connectivity index (χ0v) is 19.2. The van der Waals surface area contributed by atoms with Crippen molar-refractivity contribution in [3.63, 3.8) is 0 Å². The Bertz CT molecular complexity index is 1060. The Morgan fingerprint density at radius 2 is 1.85 bits per heavy atom. The van der Waals surface area contributed by atoms with Gasteiger partial charge in [0.15, 0.2) is 0 Å². The van der Waals surface area contributed by atoms with E-state index in [4.69, 9.17) is 16.3 Å². The van der Waals surface area contributed by atoms with Crippen LogP contribution in [0.3, 0.4) is 0 Å². The van der Waals surface area contributed by atoms with Crippen LogP contribution in [0.5, 0.6) is 5.75 Å². The fourth-order valence-corrected chi connectivity index (χ4v) is 4.54. The molecule has 4 rings (SSSR count). The monoisotopic (exact) mass is 496 g/mol. The molecule has 0 spiro atoms. The molecule has 1 aromatic carbocycles. The molecular weight excluding hydrogens is 473 g/mol. The summed E-state index contributed by atoms with van der Waals surface area (Å²) in [6.45, 7) is 3.41. The van der Waals surface area contributed by atoms with E-state index in [0.717, 1.165) is 12.3 Å². The molecule has 1 atom stereocenters. The third-order valence-electron chi connectivity index (χ3n) is 5.93. The van der Waals surface area contributed by atoms with Gasteiger partial charge in [-0.2, -0.15) is 13.2 Å². The number of carbonyl (C=O) groups is 2. The summed E-state index contributed by atoms with van der Waals surface area (Å²) >= 11 is 6.06. The van der Waals surface area contributed by atoms with Crippen LogP contribution in [-0.4, -0.2) is 48.6 Å². The number of rotatable bonds is 6. The van der Waals surface area contributed by atoms with E-state index in [-0.39, 0.29) is 29.3 Å². The highest BCUT2D eigenvalue weighted by atomic mass is 35.5. The lowest BCUT2D eigenvalue weighted by Gasteiger charge is -2.34. The summed E-state index contributed by atoms with van der Waals surface area (Å²) in [6.07, 6.45) is -2.40. The summed E-state index contributed by atoms with van der Waals surface area (Å²) in [5.41, 5.74) is -0.389. The van der Waals surface area contributed by atoms with Crippen molar-refractivity contribution in [3.8, 4) is 5.75 Å². The Balaban J connectivity index is 1.34. The van der Waals surface area contributed by atoms with Crippen LogP contribution < -0.4 is 19.9 Å². The lowest BCUT2D eigenvalue weighted by Crippen LogP contribution is -2.49. The van der Waals surface area contributed by atoms with Gasteiger partial charge in [-0.25, -0.2) is 9.88 Å². The fourth-order valence-electron chi connectivity index (χ4n) is 4.25. The van der Waals surface area contributed by atoms with Gasteiger partial charge in [0.05, 0.1) is 35.3 Å². The van der Waals surface area contributed by atoms with Gasteiger partial charge < -0.3 is 15.0 Å². The molecule has 1 aromatic heterocycles. The van der Waals surface area contributed by atoms with E-state index in [1.54, 1.807) is 24.3 Å². The molecule has 2 aliphatic heterocycles. The third-order valence-corrected chi connectivity index (χ3v) is 6.21. The molecule has 0 radical (unpaired) electrons. The highest BCUT2D eigenvalue weighted by Crippen LogP contribution is 2.34. The summed E-state index contributed by atoms with van der Waals surface area (Å²) in [6, 6.07) is 7.04. The molecule has 2 aromatic rings.